The largest absolute Gasteiger partial charge is 0.463 e. The first-order chi connectivity index (χ1) is 15.1. The van der Waals surface area contributed by atoms with Crippen LogP contribution in [0.25, 0.3) is 0 Å². The third kappa shape index (κ3) is 7.18. The molecule has 1 aromatic rings. The Hall–Kier alpha value is -2.17. The van der Waals surface area contributed by atoms with Gasteiger partial charge in [0.2, 0.25) is 0 Å². The van der Waals surface area contributed by atoms with Gasteiger partial charge in [-0.15, -0.1) is 0 Å². The Labute approximate surface area is 191 Å². The maximum atomic E-state index is 13.0. The van der Waals surface area contributed by atoms with E-state index >= 15 is 0 Å². The Kier molecular flexibility index (Phi) is 9.47. The van der Waals surface area contributed by atoms with Crippen LogP contribution in [0.5, 0.6) is 0 Å². The zero-order valence-electron chi connectivity index (χ0n) is 18.4. The number of esters is 1. The van der Waals surface area contributed by atoms with Crippen LogP contribution in [-0.4, -0.2) is 42.0 Å². The number of carbonyl (C=O) groups is 1. The lowest BCUT2D eigenvalue weighted by Gasteiger charge is -2.37. The van der Waals surface area contributed by atoms with Crippen LogP contribution in [0.1, 0.15) is 45.6 Å². The summed E-state index contributed by atoms with van der Waals surface area (Å²) in [6, 6.07) is 3.74. The van der Waals surface area contributed by atoms with Crippen molar-refractivity contribution >= 4 is 29.0 Å². The SMILES string of the molecule is CCOC(=O)C1=C[C@H](OC(CC)CC)[C@H](NC(=S)Nc2cccc(C(F)(F)F)c2)[C@@H](N)C1. The molecule has 10 heteroatoms. The van der Waals surface area contributed by atoms with E-state index in [-0.39, 0.29) is 29.9 Å². The summed E-state index contributed by atoms with van der Waals surface area (Å²) in [5.74, 6) is -0.441. The number of carbonyl (C=O) groups excluding carboxylic acids is 1. The van der Waals surface area contributed by atoms with Crippen LogP contribution in [0.4, 0.5) is 18.9 Å². The summed E-state index contributed by atoms with van der Waals surface area (Å²) < 4.78 is 50.2. The first-order valence-electron chi connectivity index (χ1n) is 10.6. The van der Waals surface area contributed by atoms with Crippen molar-refractivity contribution < 1.29 is 27.4 Å². The van der Waals surface area contributed by atoms with E-state index in [1.165, 1.54) is 12.1 Å². The van der Waals surface area contributed by atoms with Crippen molar-refractivity contribution in [1.82, 2.24) is 5.32 Å². The van der Waals surface area contributed by atoms with Crippen LogP contribution < -0.4 is 16.4 Å². The van der Waals surface area contributed by atoms with Gasteiger partial charge in [-0.3, -0.25) is 0 Å². The quantitative estimate of drug-likeness (QED) is 0.386. The van der Waals surface area contributed by atoms with Crippen LogP contribution in [-0.2, 0) is 20.4 Å². The molecule has 1 aliphatic carbocycles. The molecule has 0 heterocycles. The molecule has 2 rings (SSSR count). The molecule has 0 unspecified atom stereocenters. The van der Waals surface area contributed by atoms with Crippen molar-refractivity contribution in [1.29, 1.82) is 0 Å². The van der Waals surface area contributed by atoms with Gasteiger partial charge in [-0.25, -0.2) is 4.79 Å². The zero-order chi connectivity index (χ0) is 23.9. The summed E-state index contributed by atoms with van der Waals surface area (Å²) in [7, 11) is 0. The molecule has 3 atom stereocenters. The second-order valence-corrected chi connectivity index (χ2v) is 7.93. The predicted molar refractivity (Wildman–Crippen MR) is 121 cm³/mol. The molecule has 0 fully saturated rings. The number of benzene rings is 1. The minimum absolute atomic E-state index is 0.0562. The van der Waals surface area contributed by atoms with Crippen LogP contribution in [0, 0.1) is 0 Å². The van der Waals surface area contributed by atoms with Gasteiger partial charge < -0.3 is 25.8 Å². The third-order valence-corrected chi connectivity index (χ3v) is 5.40. The van der Waals surface area contributed by atoms with Gasteiger partial charge in [0.1, 0.15) is 0 Å². The summed E-state index contributed by atoms with van der Waals surface area (Å²) in [5.41, 5.74) is 6.20. The fourth-order valence-electron chi connectivity index (χ4n) is 3.48. The standard InChI is InChI=1S/C22H30F3N3O3S/c1-4-16(5-2)31-18-11-13(20(29)30-6-3)10-17(26)19(18)28-21(32)27-15-9-7-8-14(12-15)22(23,24)25/h7-9,11-12,16-19H,4-6,10,26H2,1-3H3,(H2,27,28,32)/t17-,18-,19+/m0/s1. The van der Waals surface area contributed by atoms with Crippen molar-refractivity contribution in [2.45, 2.75) is 70.5 Å². The van der Waals surface area contributed by atoms with Gasteiger partial charge in [0.15, 0.2) is 5.11 Å². The minimum atomic E-state index is -4.46. The molecular formula is C22H30F3N3O3S. The highest BCUT2D eigenvalue weighted by molar-refractivity contribution is 7.80. The smallest absolute Gasteiger partial charge is 0.416 e. The minimum Gasteiger partial charge on any atom is -0.463 e. The number of nitrogens with one attached hydrogen (secondary N) is 2. The van der Waals surface area contributed by atoms with Gasteiger partial charge in [0.25, 0.3) is 0 Å². The number of nitrogens with two attached hydrogens (primary N) is 1. The van der Waals surface area contributed by atoms with E-state index in [0.29, 0.717) is 5.57 Å². The number of halogens is 3. The second-order valence-electron chi connectivity index (χ2n) is 7.52. The molecule has 0 aliphatic heterocycles. The van der Waals surface area contributed by atoms with Gasteiger partial charge in [-0.05, 0) is 62.7 Å². The lowest BCUT2D eigenvalue weighted by molar-refractivity contribution is -0.139. The Bertz CT molecular complexity index is 828. The number of ether oxygens (including phenoxy) is 2. The Morgan fingerprint density at radius 1 is 1.28 bits per heavy atom. The lowest BCUT2D eigenvalue weighted by atomic mass is 9.88. The molecule has 0 amide bonds. The second kappa shape index (κ2) is 11.6. The molecular weight excluding hydrogens is 443 g/mol. The molecule has 0 spiro atoms. The monoisotopic (exact) mass is 473 g/mol. The summed E-state index contributed by atoms with van der Waals surface area (Å²) in [6.45, 7) is 5.96. The number of alkyl halides is 3. The van der Waals surface area contributed by atoms with E-state index in [0.717, 1.165) is 25.0 Å². The molecule has 0 bridgehead atoms. The van der Waals surface area contributed by atoms with Crippen molar-refractivity contribution in [3.8, 4) is 0 Å². The number of hydrogen-bond donors (Lipinski definition) is 3. The van der Waals surface area contributed by atoms with Crippen molar-refractivity contribution in [2.75, 3.05) is 11.9 Å². The van der Waals surface area contributed by atoms with Crippen LogP contribution in [0.15, 0.2) is 35.9 Å². The number of hydrogen-bond acceptors (Lipinski definition) is 5. The van der Waals surface area contributed by atoms with Crippen molar-refractivity contribution in [3.05, 3.63) is 41.5 Å². The summed E-state index contributed by atoms with van der Waals surface area (Å²) in [5, 5.41) is 5.95. The number of rotatable bonds is 8. The van der Waals surface area contributed by atoms with E-state index in [2.05, 4.69) is 10.6 Å². The van der Waals surface area contributed by atoms with E-state index in [1.807, 2.05) is 13.8 Å². The van der Waals surface area contributed by atoms with Crippen molar-refractivity contribution in [2.24, 2.45) is 5.73 Å². The Morgan fingerprint density at radius 3 is 2.56 bits per heavy atom. The summed E-state index contributed by atoms with van der Waals surface area (Å²) in [4.78, 5) is 12.2. The molecule has 4 N–H and O–H groups in total. The first-order valence-corrected chi connectivity index (χ1v) is 11.0. The van der Waals surface area contributed by atoms with E-state index in [9.17, 15) is 18.0 Å². The molecule has 32 heavy (non-hydrogen) atoms. The molecule has 0 saturated carbocycles. The molecule has 1 aromatic carbocycles. The van der Waals surface area contributed by atoms with Gasteiger partial charge >= 0.3 is 12.1 Å². The van der Waals surface area contributed by atoms with Crippen LogP contribution >= 0.6 is 12.2 Å². The Morgan fingerprint density at radius 2 is 1.97 bits per heavy atom. The highest BCUT2D eigenvalue weighted by atomic mass is 32.1. The first kappa shape index (κ1) is 26.1. The van der Waals surface area contributed by atoms with Gasteiger partial charge in [0, 0.05) is 17.3 Å². The van der Waals surface area contributed by atoms with E-state index in [4.69, 9.17) is 27.4 Å². The highest BCUT2D eigenvalue weighted by Gasteiger charge is 2.36. The topological polar surface area (TPSA) is 85.6 Å². The molecule has 1 aliphatic rings. The average Bonchev–Trinajstić information content (AvgIpc) is 2.73. The molecule has 0 aromatic heterocycles. The lowest BCUT2D eigenvalue weighted by Crippen LogP contribution is -2.58. The highest BCUT2D eigenvalue weighted by Crippen LogP contribution is 2.30. The maximum absolute atomic E-state index is 13.0. The van der Waals surface area contributed by atoms with E-state index in [1.54, 1.807) is 13.0 Å². The Balaban J connectivity index is 2.19. The van der Waals surface area contributed by atoms with Crippen LogP contribution in [0.2, 0.25) is 0 Å². The van der Waals surface area contributed by atoms with E-state index < -0.39 is 35.9 Å². The van der Waals surface area contributed by atoms with Gasteiger partial charge in [0.05, 0.1) is 30.4 Å². The van der Waals surface area contributed by atoms with Crippen molar-refractivity contribution in [3.63, 3.8) is 0 Å². The fourth-order valence-corrected chi connectivity index (χ4v) is 3.73. The maximum Gasteiger partial charge on any atom is 0.416 e. The van der Waals surface area contributed by atoms with Crippen LogP contribution in [0.3, 0.4) is 0 Å². The zero-order valence-corrected chi connectivity index (χ0v) is 19.2. The predicted octanol–water partition coefficient (Wildman–Crippen LogP) is 4.15. The molecule has 0 saturated heterocycles. The van der Waals surface area contributed by atoms with Gasteiger partial charge in [-0.1, -0.05) is 19.9 Å². The van der Waals surface area contributed by atoms with Gasteiger partial charge in [-0.2, -0.15) is 13.2 Å². The molecule has 6 nitrogen and oxygen atoms in total. The number of anilines is 1. The fraction of sp³-hybridized carbons (Fsp3) is 0.545. The third-order valence-electron chi connectivity index (χ3n) is 5.18. The average molecular weight is 474 g/mol. The normalized spacial score (nSPS) is 21.1. The summed E-state index contributed by atoms with van der Waals surface area (Å²) >= 11 is 5.33. The summed E-state index contributed by atoms with van der Waals surface area (Å²) in [6.07, 6.45) is -1.59. The number of thiocarbonyl (C=S) groups is 1. The molecule has 178 valence electrons. The molecule has 0 radical (unpaired) electrons.